The van der Waals surface area contributed by atoms with Crippen molar-refractivity contribution in [2.45, 2.75) is 31.3 Å². The van der Waals surface area contributed by atoms with Crippen LogP contribution in [0.2, 0.25) is 0 Å². The summed E-state index contributed by atoms with van der Waals surface area (Å²) in [5.74, 6) is -1.75. The van der Waals surface area contributed by atoms with Crippen LogP contribution >= 0.6 is 0 Å². The maximum Gasteiger partial charge on any atom is 0.250 e. The number of carbonyl (C=O) groups excluding carboxylic acids is 2. The summed E-state index contributed by atoms with van der Waals surface area (Å²) in [4.78, 5) is 27.3. The first kappa shape index (κ1) is 16.8. The first-order chi connectivity index (χ1) is 12.4. The minimum absolute atomic E-state index is 0.280. The van der Waals surface area contributed by atoms with Gasteiger partial charge in [-0.3, -0.25) is 9.59 Å². The number of benzene rings is 2. The van der Waals surface area contributed by atoms with E-state index in [1.165, 1.54) is 6.92 Å². The Morgan fingerprint density at radius 1 is 1.15 bits per heavy atom. The van der Waals surface area contributed by atoms with Gasteiger partial charge < -0.3 is 15.7 Å². The summed E-state index contributed by atoms with van der Waals surface area (Å²) >= 11 is 0. The zero-order chi connectivity index (χ0) is 18.5. The van der Waals surface area contributed by atoms with Gasteiger partial charge in [-0.2, -0.15) is 0 Å². The molecular formula is C21H22N2O3. The number of anilines is 1. The Bertz CT molecular complexity index is 886. The number of amides is 2. The maximum atomic E-state index is 13.5. The number of para-hydroxylation sites is 1. The lowest BCUT2D eigenvalue weighted by Crippen LogP contribution is -2.52. The van der Waals surface area contributed by atoms with Crippen molar-refractivity contribution in [2.24, 2.45) is 11.7 Å². The Balaban J connectivity index is 1.97. The fourth-order valence-corrected chi connectivity index (χ4v) is 3.77. The van der Waals surface area contributed by atoms with Crippen LogP contribution in [-0.2, 0) is 9.59 Å². The van der Waals surface area contributed by atoms with Crippen molar-refractivity contribution in [3.05, 3.63) is 54.1 Å². The van der Waals surface area contributed by atoms with E-state index in [1.54, 1.807) is 11.0 Å². The van der Waals surface area contributed by atoms with Crippen molar-refractivity contribution in [3.8, 4) is 11.1 Å². The van der Waals surface area contributed by atoms with Gasteiger partial charge in [0.2, 0.25) is 11.8 Å². The van der Waals surface area contributed by atoms with Gasteiger partial charge in [0.1, 0.15) is 5.92 Å². The number of hydrogen-bond donors (Lipinski definition) is 2. The van der Waals surface area contributed by atoms with Crippen LogP contribution in [0.3, 0.4) is 0 Å². The van der Waals surface area contributed by atoms with Gasteiger partial charge in [0, 0.05) is 12.1 Å². The summed E-state index contributed by atoms with van der Waals surface area (Å²) in [7, 11) is 0. The van der Waals surface area contributed by atoms with Gasteiger partial charge in [-0.05, 0) is 42.9 Å². The summed E-state index contributed by atoms with van der Waals surface area (Å²) in [6, 6.07) is 15.2. The molecule has 1 aliphatic heterocycles. The molecule has 0 radical (unpaired) electrons. The molecule has 2 aromatic rings. The molecule has 2 aliphatic rings. The van der Waals surface area contributed by atoms with Crippen LogP contribution in [-0.4, -0.2) is 29.1 Å². The second-order valence-electron chi connectivity index (χ2n) is 7.44. The molecule has 5 nitrogen and oxygen atoms in total. The molecule has 4 rings (SSSR count). The third-order valence-electron chi connectivity index (χ3n) is 5.47. The fourth-order valence-electron chi connectivity index (χ4n) is 3.77. The number of aliphatic hydroxyl groups is 1. The van der Waals surface area contributed by atoms with E-state index in [0.717, 1.165) is 29.7 Å². The largest absolute Gasteiger partial charge is 0.379 e. The molecule has 1 saturated carbocycles. The minimum atomic E-state index is -1.98. The van der Waals surface area contributed by atoms with Crippen LogP contribution in [0.1, 0.15) is 31.2 Å². The Kier molecular flexibility index (Phi) is 3.84. The van der Waals surface area contributed by atoms with Crippen molar-refractivity contribution >= 4 is 17.5 Å². The normalized spacial score (nSPS) is 21.4. The molecule has 0 bridgehead atoms. The number of fused-ring (bicyclic) bond motifs is 3. The van der Waals surface area contributed by atoms with Gasteiger partial charge in [0.15, 0.2) is 5.60 Å². The minimum Gasteiger partial charge on any atom is -0.379 e. The Labute approximate surface area is 152 Å². The predicted octanol–water partition coefficient (Wildman–Crippen LogP) is 2.43. The lowest BCUT2D eigenvalue weighted by molar-refractivity contribution is -0.142. The maximum absolute atomic E-state index is 13.5. The molecule has 1 aliphatic carbocycles. The lowest BCUT2D eigenvalue weighted by Gasteiger charge is -2.33. The molecular weight excluding hydrogens is 328 g/mol. The van der Waals surface area contributed by atoms with E-state index in [2.05, 4.69) is 0 Å². The predicted molar refractivity (Wildman–Crippen MR) is 99.5 cm³/mol. The SMILES string of the molecule is CC(O)(C(N)=O)[C@H]1C(=O)N(CC2CC2)c2ccccc2-c2ccccc21. The molecule has 0 aromatic heterocycles. The van der Waals surface area contributed by atoms with Crippen LogP contribution < -0.4 is 10.6 Å². The van der Waals surface area contributed by atoms with Gasteiger partial charge >= 0.3 is 0 Å². The highest BCUT2D eigenvalue weighted by Crippen LogP contribution is 2.45. The van der Waals surface area contributed by atoms with Gasteiger partial charge in [-0.25, -0.2) is 0 Å². The number of carbonyl (C=O) groups is 2. The van der Waals surface area contributed by atoms with Gasteiger partial charge in [-0.1, -0.05) is 42.5 Å². The summed E-state index contributed by atoms with van der Waals surface area (Å²) < 4.78 is 0. The van der Waals surface area contributed by atoms with E-state index in [9.17, 15) is 14.7 Å². The van der Waals surface area contributed by atoms with Crippen LogP contribution in [0, 0.1) is 5.92 Å². The fraction of sp³-hybridized carbons (Fsp3) is 0.333. The van der Waals surface area contributed by atoms with Crippen molar-refractivity contribution in [1.29, 1.82) is 0 Å². The Morgan fingerprint density at radius 2 is 1.77 bits per heavy atom. The second-order valence-corrected chi connectivity index (χ2v) is 7.44. The van der Waals surface area contributed by atoms with Crippen LogP contribution in [0.4, 0.5) is 5.69 Å². The molecule has 1 unspecified atom stereocenters. The molecule has 3 N–H and O–H groups in total. The molecule has 0 spiro atoms. The molecule has 1 fully saturated rings. The van der Waals surface area contributed by atoms with Crippen LogP contribution in [0.25, 0.3) is 11.1 Å². The third kappa shape index (κ3) is 2.59. The number of hydrogen-bond acceptors (Lipinski definition) is 3. The van der Waals surface area contributed by atoms with E-state index in [-0.39, 0.29) is 5.91 Å². The standard InChI is InChI=1S/C21H22N2O3/c1-21(26,20(22)25)18-16-8-3-2-6-14(16)15-7-4-5-9-17(15)23(19(18)24)12-13-10-11-13/h2-9,13,18,26H,10-12H2,1H3,(H2,22,25)/t18-,21?/m1/s1. The number of rotatable bonds is 4. The van der Waals surface area contributed by atoms with Crippen molar-refractivity contribution in [2.75, 3.05) is 11.4 Å². The van der Waals surface area contributed by atoms with Crippen LogP contribution in [0.15, 0.2) is 48.5 Å². The molecule has 2 aromatic carbocycles. The topological polar surface area (TPSA) is 83.6 Å². The van der Waals surface area contributed by atoms with Crippen molar-refractivity contribution < 1.29 is 14.7 Å². The highest BCUT2D eigenvalue weighted by molar-refractivity contribution is 6.08. The highest BCUT2D eigenvalue weighted by atomic mass is 16.3. The molecule has 2 atom stereocenters. The zero-order valence-corrected chi connectivity index (χ0v) is 14.7. The highest BCUT2D eigenvalue weighted by Gasteiger charge is 2.48. The number of primary amides is 1. The monoisotopic (exact) mass is 350 g/mol. The molecule has 134 valence electrons. The van der Waals surface area contributed by atoms with Gasteiger partial charge in [0.25, 0.3) is 0 Å². The van der Waals surface area contributed by atoms with Gasteiger partial charge in [0.05, 0.1) is 5.69 Å². The molecule has 1 heterocycles. The number of nitrogens with two attached hydrogens (primary N) is 1. The summed E-state index contributed by atoms with van der Waals surface area (Å²) in [5, 5.41) is 10.9. The molecule has 5 heteroatoms. The quantitative estimate of drug-likeness (QED) is 0.888. The van der Waals surface area contributed by atoms with Crippen molar-refractivity contribution in [3.63, 3.8) is 0 Å². The van der Waals surface area contributed by atoms with E-state index >= 15 is 0 Å². The first-order valence-corrected chi connectivity index (χ1v) is 8.93. The van der Waals surface area contributed by atoms with E-state index < -0.39 is 17.4 Å². The van der Waals surface area contributed by atoms with E-state index in [4.69, 9.17) is 5.73 Å². The Morgan fingerprint density at radius 3 is 2.42 bits per heavy atom. The smallest absolute Gasteiger partial charge is 0.250 e. The van der Waals surface area contributed by atoms with Crippen LogP contribution in [0.5, 0.6) is 0 Å². The third-order valence-corrected chi connectivity index (χ3v) is 5.47. The summed E-state index contributed by atoms with van der Waals surface area (Å²) in [5.41, 5.74) is 6.73. The van der Waals surface area contributed by atoms with E-state index in [0.29, 0.717) is 18.0 Å². The number of nitrogens with zero attached hydrogens (tertiary/aromatic N) is 1. The van der Waals surface area contributed by atoms with Gasteiger partial charge in [-0.15, -0.1) is 0 Å². The average Bonchev–Trinajstić information content (AvgIpc) is 3.44. The molecule has 0 saturated heterocycles. The second kappa shape index (κ2) is 5.95. The average molecular weight is 350 g/mol. The first-order valence-electron chi connectivity index (χ1n) is 8.93. The lowest BCUT2D eigenvalue weighted by atomic mass is 9.79. The summed E-state index contributed by atoms with van der Waals surface area (Å²) in [6.45, 7) is 1.93. The zero-order valence-electron chi connectivity index (χ0n) is 14.7. The summed E-state index contributed by atoms with van der Waals surface area (Å²) in [6.07, 6.45) is 2.19. The van der Waals surface area contributed by atoms with E-state index in [1.807, 2.05) is 42.5 Å². The van der Waals surface area contributed by atoms with Crippen molar-refractivity contribution in [1.82, 2.24) is 0 Å². The Hall–Kier alpha value is -2.66. The molecule has 2 amide bonds. The molecule has 26 heavy (non-hydrogen) atoms.